The van der Waals surface area contributed by atoms with E-state index in [2.05, 4.69) is 10.6 Å². The van der Waals surface area contributed by atoms with E-state index in [1.807, 2.05) is 0 Å². The third-order valence-corrected chi connectivity index (χ3v) is 3.69. The monoisotopic (exact) mass is 242 g/mol. The van der Waals surface area contributed by atoms with E-state index in [4.69, 9.17) is 0 Å². The van der Waals surface area contributed by atoms with Gasteiger partial charge < -0.3 is 15.7 Å². The van der Waals surface area contributed by atoms with Crippen LogP contribution in [0.2, 0.25) is 0 Å². The summed E-state index contributed by atoms with van der Waals surface area (Å²) in [6, 6.07) is -0.288. The van der Waals surface area contributed by atoms with Gasteiger partial charge in [-0.1, -0.05) is 19.3 Å². The van der Waals surface area contributed by atoms with E-state index in [1.165, 1.54) is 0 Å². The molecule has 98 valence electrons. The molecule has 0 saturated heterocycles. The fourth-order valence-electron chi connectivity index (χ4n) is 2.24. The maximum atomic E-state index is 11.6. The molecule has 1 amide bonds. The summed E-state index contributed by atoms with van der Waals surface area (Å²) >= 11 is 0. The van der Waals surface area contributed by atoms with Crippen LogP contribution < -0.4 is 10.6 Å². The summed E-state index contributed by atoms with van der Waals surface area (Å²) in [6.07, 6.45) is 4.29. The highest BCUT2D eigenvalue weighted by molar-refractivity contribution is 5.82. The second-order valence-electron chi connectivity index (χ2n) is 4.87. The molecule has 5 heteroatoms. The van der Waals surface area contributed by atoms with Gasteiger partial charge in [0.05, 0.1) is 11.5 Å². The van der Waals surface area contributed by atoms with E-state index in [-0.39, 0.29) is 18.5 Å². The first-order valence-corrected chi connectivity index (χ1v) is 6.20. The minimum atomic E-state index is -0.783. The third kappa shape index (κ3) is 3.43. The van der Waals surface area contributed by atoms with Gasteiger partial charge in [0, 0.05) is 6.54 Å². The van der Waals surface area contributed by atoms with Crippen molar-refractivity contribution in [2.75, 3.05) is 13.6 Å². The minimum Gasteiger partial charge on any atom is -0.481 e. The Morgan fingerprint density at radius 1 is 1.29 bits per heavy atom. The fraction of sp³-hybridized carbons (Fsp3) is 0.833. The van der Waals surface area contributed by atoms with Gasteiger partial charge >= 0.3 is 5.97 Å². The van der Waals surface area contributed by atoms with Crippen molar-refractivity contribution in [1.82, 2.24) is 10.6 Å². The summed E-state index contributed by atoms with van der Waals surface area (Å²) in [7, 11) is 1.71. The van der Waals surface area contributed by atoms with Gasteiger partial charge in [0.25, 0.3) is 0 Å². The van der Waals surface area contributed by atoms with Crippen molar-refractivity contribution in [2.24, 2.45) is 5.41 Å². The number of rotatable bonds is 5. The quantitative estimate of drug-likeness (QED) is 0.664. The highest BCUT2D eigenvalue weighted by atomic mass is 16.4. The molecule has 17 heavy (non-hydrogen) atoms. The first-order chi connectivity index (χ1) is 8.02. The van der Waals surface area contributed by atoms with Crippen LogP contribution in [0.5, 0.6) is 0 Å². The Bertz CT molecular complexity index is 285. The number of carboxylic acid groups (broad SMARTS) is 1. The molecule has 0 heterocycles. The van der Waals surface area contributed by atoms with Gasteiger partial charge in [-0.15, -0.1) is 0 Å². The zero-order valence-electron chi connectivity index (χ0n) is 10.6. The zero-order valence-corrected chi connectivity index (χ0v) is 10.6. The third-order valence-electron chi connectivity index (χ3n) is 3.69. The van der Waals surface area contributed by atoms with Gasteiger partial charge in [0.2, 0.25) is 5.91 Å². The molecule has 1 unspecified atom stereocenters. The molecular formula is C12H22N2O3. The molecule has 1 rings (SSSR count). The van der Waals surface area contributed by atoms with Crippen LogP contribution in [0.1, 0.15) is 39.0 Å². The summed E-state index contributed by atoms with van der Waals surface area (Å²) in [4.78, 5) is 23.0. The van der Waals surface area contributed by atoms with Gasteiger partial charge in [-0.2, -0.15) is 0 Å². The lowest BCUT2D eigenvalue weighted by Crippen LogP contribution is -2.48. The van der Waals surface area contributed by atoms with Crippen LogP contribution in [0.3, 0.4) is 0 Å². The van der Waals surface area contributed by atoms with E-state index in [1.54, 1.807) is 14.0 Å². The van der Waals surface area contributed by atoms with E-state index in [0.717, 1.165) is 19.3 Å². The second kappa shape index (κ2) is 6.00. The largest absolute Gasteiger partial charge is 0.481 e. The summed E-state index contributed by atoms with van der Waals surface area (Å²) in [5, 5.41) is 14.9. The molecule has 1 saturated carbocycles. The number of hydrogen-bond acceptors (Lipinski definition) is 3. The first-order valence-electron chi connectivity index (χ1n) is 6.20. The van der Waals surface area contributed by atoms with Crippen LogP contribution in [0, 0.1) is 5.41 Å². The molecule has 0 bridgehead atoms. The van der Waals surface area contributed by atoms with E-state index >= 15 is 0 Å². The maximum Gasteiger partial charge on any atom is 0.311 e. The number of aliphatic carboxylic acids is 1. The Morgan fingerprint density at radius 3 is 2.35 bits per heavy atom. The van der Waals surface area contributed by atoms with Crippen LogP contribution in [-0.4, -0.2) is 36.6 Å². The van der Waals surface area contributed by atoms with Crippen LogP contribution >= 0.6 is 0 Å². The molecule has 0 aliphatic heterocycles. The Labute approximate surface area is 102 Å². The van der Waals surface area contributed by atoms with Crippen LogP contribution in [0.15, 0.2) is 0 Å². The normalized spacial score (nSPS) is 20.6. The fourth-order valence-corrected chi connectivity index (χ4v) is 2.24. The predicted octanol–water partition coefficient (Wildman–Crippen LogP) is 0.746. The van der Waals surface area contributed by atoms with Gasteiger partial charge in [-0.3, -0.25) is 9.59 Å². The van der Waals surface area contributed by atoms with E-state index in [0.29, 0.717) is 12.8 Å². The molecule has 1 aliphatic carbocycles. The highest BCUT2D eigenvalue weighted by Gasteiger charge is 2.39. The number of carbonyl (C=O) groups excluding carboxylic acids is 1. The average molecular weight is 242 g/mol. The van der Waals surface area contributed by atoms with Crippen LogP contribution in [0.25, 0.3) is 0 Å². The van der Waals surface area contributed by atoms with Crippen molar-refractivity contribution in [2.45, 2.75) is 45.1 Å². The summed E-state index contributed by atoms with van der Waals surface area (Å²) in [5.74, 6) is -0.923. The van der Waals surface area contributed by atoms with Gasteiger partial charge in [-0.25, -0.2) is 0 Å². The highest BCUT2D eigenvalue weighted by Crippen LogP contribution is 2.35. The van der Waals surface area contributed by atoms with Gasteiger partial charge in [0.1, 0.15) is 0 Å². The van der Waals surface area contributed by atoms with Gasteiger partial charge in [-0.05, 0) is 26.8 Å². The van der Waals surface area contributed by atoms with E-state index < -0.39 is 11.4 Å². The Balaban J connectivity index is 2.56. The number of hydrogen-bond donors (Lipinski definition) is 3. The Hall–Kier alpha value is -1.10. The molecule has 0 radical (unpaired) electrons. The van der Waals surface area contributed by atoms with Crippen molar-refractivity contribution in [3.63, 3.8) is 0 Å². The minimum absolute atomic E-state index is 0.140. The van der Waals surface area contributed by atoms with Crippen LogP contribution in [-0.2, 0) is 9.59 Å². The predicted molar refractivity (Wildman–Crippen MR) is 64.7 cm³/mol. The summed E-state index contributed by atoms with van der Waals surface area (Å²) in [6.45, 7) is 2.00. The molecule has 0 aromatic carbocycles. The molecule has 0 aromatic rings. The van der Waals surface area contributed by atoms with E-state index in [9.17, 15) is 14.7 Å². The molecule has 0 aromatic heterocycles. The Morgan fingerprint density at radius 2 is 1.88 bits per heavy atom. The maximum absolute atomic E-state index is 11.6. The molecule has 1 aliphatic rings. The smallest absolute Gasteiger partial charge is 0.311 e. The summed E-state index contributed by atoms with van der Waals surface area (Å²) < 4.78 is 0. The number of carboxylic acids is 1. The number of carbonyl (C=O) groups is 2. The standard InChI is InChI=1S/C12H22N2O3/c1-9(13-2)10(15)14-8-12(11(16)17)6-4-3-5-7-12/h9,13H,3-8H2,1-2H3,(H,14,15)(H,16,17). The van der Waals surface area contributed by atoms with Crippen molar-refractivity contribution in [1.29, 1.82) is 0 Å². The summed E-state index contributed by atoms with van der Waals surface area (Å²) in [5.41, 5.74) is -0.749. The molecule has 0 spiro atoms. The lowest BCUT2D eigenvalue weighted by Gasteiger charge is -2.33. The Kier molecular flexibility index (Phi) is 4.93. The lowest BCUT2D eigenvalue weighted by molar-refractivity contribution is -0.151. The van der Waals surface area contributed by atoms with Crippen LogP contribution in [0.4, 0.5) is 0 Å². The number of amides is 1. The molecule has 3 N–H and O–H groups in total. The SMILES string of the molecule is CNC(C)C(=O)NCC1(C(=O)O)CCCCC1. The van der Waals surface area contributed by atoms with Crippen molar-refractivity contribution in [3.8, 4) is 0 Å². The molecule has 1 fully saturated rings. The topological polar surface area (TPSA) is 78.4 Å². The zero-order chi connectivity index (χ0) is 12.9. The van der Waals surface area contributed by atoms with Crippen molar-refractivity contribution >= 4 is 11.9 Å². The average Bonchev–Trinajstić information content (AvgIpc) is 2.35. The molecule has 1 atom stereocenters. The molecular weight excluding hydrogens is 220 g/mol. The second-order valence-corrected chi connectivity index (χ2v) is 4.87. The number of nitrogens with one attached hydrogen (secondary N) is 2. The van der Waals surface area contributed by atoms with Crippen molar-refractivity contribution in [3.05, 3.63) is 0 Å². The molecule has 5 nitrogen and oxygen atoms in total. The number of likely N-dealkylation sites (N-methyl/N-ethyl adjacent to an activating group) is 1. The van der Waals surface area contributed by atoms with Gasteiger partial charge in [0.15, 0.2) is 0 Å². The lowest BCUT2D eigenvalue weighted by atomic mass is 9.74. The first kappa shape index (κ1) is 14.0. The van der Waals surface area contributed by atoms with Crippen molar-refractivity contribution < 1.29 is 14.7 Å².